The predicted octanol–water partition coefficient (Wildman–Crippen LogP) is 13.6. The molecular weight excluding hydrogens is 1790 g/mol. The number of anilines is 5. The van der Waals surface area contributed by atoms with E-state index < -0.39 is 93.5 Å². The fourth-order valence-electron chi connectivity index (χ4n) is 12.9. The van der Waals surface area contributed by atoms with Crippen LogP contribution in [0.5, 0.6) is 0 Å². The molecule has 5 unspecified atom stereocenters. The molecule has 0 bridgehead atoms. The molecule has 3 saturated heterocycles. The standard InChI is InChI=1S/C23H23BFN3O3.C23H24BN3O3.C18H22BN3O3.C17H11BF4N3O.C12H9BF3N2O.CH4.2K/c1-22(2)23(3,4)31-24(30-22)16-7-11-18(12-8-16)27-20(14-26)19-13-21(29-28-19)15-5-9-17(25)10-6-15;1-22(2)23(3,4)30-24(29-22)17-10-12-18(13-11-17)26-20(15-25)19-14-21(28-27-19)16-8-6-5-7-9-16;1-12-10-15(22-23-12)16(11-20)21-14-8-6-13(7-9-14)19-24-17(2,3)18(4,5)25-19;19-13-5-1-11(2-6-13)17-9-15(25-26-17)16(10-23)24-14-7-3-12(4-8-14)18(20,21)22;14-13(15,16)9-3-5-10(6-4-9)18-11(8-17)12-2-1-7-19-12;;;/h5-13,20,27H,1-4H3;5-14,20,26H,1-4H3;6-10,16,21H,1-5H3;1-9,16,24H;1-7,11,18H;1H4;;/q;;;2*-1;;2*+1. The Balaban J connectivity index is 0.000000189. The Labute approximate surface area is 858 Å². The summed E-state index contributed by atoms with van der Waals surface area (Å²) in [6, 6.07) is 69.9. The molecule has 0 aliphatic carbocycles. The summed E-state index contributed by atoms with van der Waals surface area (Å²) in [7, 11) is -1.26. The van der Waals surface area contributed by atoms with E-state index in [1.54, 1.807) is 49.4 Å². The van der Waals surface area contributed by atoms with Gasteiger partial charge in [-0.25, -0.2) is 8.78 Å². The first kappa shape index (κ1) is 107. The number of benzene rings is 8. The average Bonchev–Trinajstić information content (AvgIpc) is 1.63. The molecule has 5 aromatic heterocycles. The Kier molecular flexibility index (Phi) is 36.4. The maximum absolute atomic E-state index is 13.1. The zero-order chi connectivity index (χ0) is 94.4. The van der Waals surface area contributed by atoms with E-state index in [1.807, 2.05) is 198 Å². The molecule has 134 heavy (non-hydrogen) atoms. The average molecular weight is 1880 g/mol. The molecule has 25 nitrogen and oxygen atoms in total. The van der Waals surface area contributed by atoms with E-state index in [0.29, 0.717) is 68.4 Å². The number of aromatic nitrogens is 4. The maximum atomic E-state index is 13.1. The van der Waals surface area contributed by atoms with Gasteiger partial charge in [0.1, 0.15) is 45.9 Å². The van der Waals surface area contributed by atoms with Crippen molar-refractivity contribution in [2.75, 3.05) is 26.6 Å². The van der Waals surface area contributed by atoms with Crippen LogP contribution in [0.4, 0.5) is 63.1 Å². The summed E-state index contributed by atoms with van der Waals surface area (Å²) in [5.41, 5.74) is 6.16. The number of nitrogens with one attached hydrogen (secondary N) is 5. The zero-order valence-corrected chi connectivity index (χ0v) is 81.7. The number of nitriles is 5. The summed E-state index contributed by atoms with van der Waals surface area (Å²) in [6.07, 6.45) is 1.43. The second kappa shape index (κ2) is 45.6. The van der Waals surface area contributed by atoms with Crippen LogP contribution in [0.15, 0.2) is 265 Å². The van der Waals surface area contributed by atoms with E-state index in [4.69, 9.17) is 55.7 Å². The zero-order valence-electron chi connectivity index (χ0n) is 75.4. The number of rotatable bonds is 23. The smallest absolute Gasteiger partial charge is 0.466 e. The summed E-state index contributed by atoms with van der Waals surface area (Å²) < 4.78 is 164. The fourth-order valence-corrected chi connectivity index (χ4v) is 12.9. The molecule has 3 aliphatic rings. The molecule has 678 valence electrons. The van der Waals surface area contributed by atoms with Gasteiger partial charge in [0, 0.05) is 69.4 Å². The monoisotopic (exact) mass is 1880 g/mol. The first-order chi connectivity index (χ1) is 62.1. The van der Waals surface area contributed by atoms with Gasteiger partial charge in [0.05, 0.1) is 70.2 Å². The van der Waals surface area contributed by atoms with Gasteiger partial charge in [0.15, 0.2) is 47.5 Å². The van der Waals surface area contributed by atoms with E-state index in [1.165, 1.54) is 73.0 Å². The molecule has 5 N–H and O–H groups in total. The Morgan fingerprint density at radius 2 is 0.575 bits per heavy atom. The first-order valence-corrected chi connectivity index (χ1v) is 41.3. The quantitative estimate of drug-likeness (QED) is 0.0293. The predicted molar refractivity (Wildman–Crippen MR) is 489 cm³/mol. The third-order valence-corrected chi connectivity index (χ3v) is 22.6. The van der Waals surface area contributed by atoms with E-state index in [-0.39, 0.29) is 144 Å². The van der Waals surface area contributed by atoms with Crippen molar-refractivity contribution in [1.29, 1.82) is 26.3 Å². The number of hydrogen-bond acceptors (Lipinski definition) is 25. The molecule has 16 rings (SSSR count). The molecular formula is C94H93B5F8K2N14O11. The van der Waals surface area contributed by atoms with Crippen LogP contribution in [0.25, 0.3) is 34.0 Å². The number of furan rings is 1. The molecule has 40 heteroatoms. The minimum atomic E-state index is -5.07. The summed E-state index contributed by atoms with van der Waals surface area (Å²) >= 11 is 0. The van der Waals surface area contributed by atoms with Crippen molar-refractivity contribution in [3.8, 4) is 64.3 Å². The van der Waals surface area contributed by atoms with Crippen LogP contribution in [-0.2, 0) is 27.9 Å². The van der Waals surface area contributed by atoms with Crippen molar-refractivity contribution in [3.63, 3.8) is 0 Å². The molecule has 3 aliphatic heterocycles. The van der Waals surface area contributed by atoms with Gasteiger partial charge in [0.25, 0.3) is 0 Å². The summed E-state index contributed by atoms with van der Waals surface area (Å²) in [5, 5.41) is 77.8. The number of halogens is 8. The number of hydrogen-bond donors (Lipinski definition) is 5. The number of nitrogens with zero attached hydrogens (tertiary/aromatic N) is 9. The second-order valence-corrected chi connectivity index (χ2v) is 33.7. The Morgan fingerprint density at radius 1 is 0.321 bits per heavy atom. The molecule has 3 fully saturated rings. The Hall–Kier alpha value is -10.9. The van der Waals surface area contributed by atoms with E-state index in [0.717, 1.165) is 63.3 Å². The molecule has 5 atom stereocenters. The summed E-state index contributed by atoms with van der Waals surface area (Å²) in [5.74, 6) is 1.80. The van der Waals surface area contributed by atoms with Crippen LogP contribution in [0, 0.1) is 75.2 Å². The van der Waals surface area contributed by atoms with E-state index in [2.05, 4.69) is 65.4 Å². The molecule has 8 heterocycles. The van der Waals surface area contributed by atoms with Crippen molar-refractivity contribution < 1.29 is 188 Å². The van der Waals surface area contributed by atoms with Gasteiger partial charge >= 0.3 is 138 Å². The van der Waals surface area contributed by atoms with Crippen molar-refractivity contribution >= 4 is 91.1 Å². The topological polar surface area (TPSA) is 352 Å². The van der Waals surface area contributed by atoms with Gasteiger partial charge in [-0.2, -0.15) is 26.3 Å². The SMILES string of the molecule is C.CC1(C)OB(c2ccc(NC(C#N)c3cc(-c4ccc(F)cc4)on3)cc2)OC1(C)C.CC1(C)OB(c2ccc(NC(C#N)c3cc(-c4ccccc4)on3)cc2)OC1(C)C.Cc1cc(C(C#N)Nc2ccc(B3OC(C)(C)C(C)(C)O3)cc2)no1.N#CC(Nc1ccc([B-](F)(F)F)cc1)c1cc(-c2ccc(F)cc2)on1.N#CC(Nc1ccc([B-](F)(F)F)cc1)c1ccco1.[K+].[K+]. The van der Waals surface area contributed by atoms with Gasteiger partial charge in [0.2, 0.25) is 0 Å². The third-order valence-electron chi connectivity index (χ3n) is 22.6. The molecule has 13 aromatic rings. The molecule has 0 saturated carbocycles. The minimum absolute atomic E-state index is 0. The largest absolute Gasteiger partial charge is 1.00 e. The summed E-state index contributed by atoms with van der Waals surface area (Å²) in [6.45, 7) is 16.0. The van der Waals surface area contributed by atoms with Crippen LogP contribution in [0.1, 0.15) is 155 Å². The van der Waals surface area contributed by atoms with Gasteiger partial charge < -0.3 is 103 Å². The Morgan fingerprint density at radius 3 is 0.821 bits per heavy atom. The normalized spacial score (nSPS) is 16.0. The van der Waals surface area contributed by atoms with Gasteiger partial charge in [-0.05, 0) is 228 Å². The van der Waals surface area contributed by atoms with E-state index in [9.17, 15) is 55.7 Å². The molecule has 0 radical (unpaired) electrons. The van der Waals surface area contributed by atoms with Gasteiger partial charge in [-0.1, -0.05) is 119 Å². The van der Waals surface area contributed by atoms with Crippen LogP contribution in [0.2, 0.25) is 0 Å². The maximum Gasteiger partial charge on any atom is 1.00 e. The van der Waals surface area contributed by atoms with E-state index >= 15 is 0 Å². The van der Waals surface area contributed by atoms with Gasteiger partial charge in [-0.15, -0.1) is 10.9 Å². The second-order valence-electron chi connectivity index (χ2n) is 33.7. The van der Waals surface area contributed by atoms with Crippen LogP contribution < -0.4 is 157 Å². The Bertz CT molecular complexity index is 6160. The first-order valence-electron chi connectivity index (χ1n) is 41.3. The van der Waals surface area contributed by atoms with Crippen molar-refractivity contribution in [3.05, 3.63) is 289 Å². The van der Waals surface area contributed by atoms with Gasteiger partial charge in [-0.3, -0.25) is 0 Å². The van der Waals surface area contributed by atoms with Crippen molar-refractivity contribution in [2.24, 2.45) is 0 Å². The third kappa shape index (κ3) is 27.3. The molecule has 8 aromatic carbocycles. The molecule has 0 spiro atoms. The summed E-state index contributed by atoms with van der Waals surface area (Å²) in [4.78, 5) is 0. The molecule has 0 amide bonds. The number of aryl methyl sites for hydroxylation is 1. The van der Waals surface area contributed by atoms with Crippen LogP contribution in [-0.4, -0.2) is 89.5 Å². The van der Waals surface area contributed by atoms with Crippen molar-refractivity contribution in [1.82, 2.24) is 20.6 Å². The van der Waals surface area contributed by atoms with Crippen LogP contribution in [0.3, 0.4) is 0 Å². The fraction of sp³-hybridized carbons (Fsp3) is 0.266. The van der Waals surface area contributed by atoms with Crippen LogP contribution >= 0.6 is 0 Å². The van der Waals surface area contributed by atoms with Crippen molar-refractivity contribution in [2.45, 2.75) is 161 Å². The minimum Gasteiger partial charge on any atom is -0.466 e.